The van der Waals surface area contributed by atoms with Crippen LogP contribution < -0.4 is 4.74 Å². The standard InChI is InChI=1S/C16H22N2O3/c1-17-9-7-16(8-10-17)18(11-12-21-16)15(19)13-5-3-4-6-14(13)20-2/h3-6H,7-12H2,1-2H3. The summed E-state index contributed by atoms with van der Waals surface area (Å²) in [5.41, 5.74) is 0.188. The molecule has 2 fully saturated rings. The Hall–Kier alpha value is -1.59. The third-order valence-electron chi connectivity index (χ3n) is 4.53. The van der Waals surface area contributed by atoms with Crippen LogP contribution in [0.3, 0.4) is 0 Å². The van der Waals surface area contributed by atoms with Gasteiger partial charge in [0.15, 0.2) is 0 Å². The van der Waals surface area contributed by atoms with E-state index in [-0.39, 0.29) is 5.91 Å². The minimum Gasteiger partial charge on any atom is -0.496 e. The van der Waals surface area contributed by atoms with Crippen molar-refractivity contribution < 1.29 is 14.3 Å². The van der Waals surface area contributed by atoms with Crippen molar-refractivity contribution in [2.24, 2.45) is 0 Å². The fourth-order valence-corrected chi connectivity index (χ4v) is 3.24. The number of rotatable bonds is 2. The highest BCUT2D eigenvalue weighted by Gasteiger charge is 2.47. The molecule has 1 amide bonds. The van der Waals surface area contributed by atoms with Crippen LogP contribution in [-0.4, -0.2) is 61.8 Å². The van der Waals surface area contributed by atoms with Crippen molar-refractivity contribution in [2.45, 2.75) is 18.6 Å². The van der Waals surface area contributed by atoms with Crippen LogP contribution in [0.15, 0.2) is 24.3 Å². The summed E-state index contributed by atoms with van der Waals surface area (Å²) in [5.74, 6) is 0.631. The lowest BCUT2D eigenvalue weighted by Crippen LogP contribution is -2.54. The van der Waals surface area contributed by atoms with Gasteiger partial charge in [0.1, 0.15) is 11.5 Å². The van der Waals surface area contributed by atoms with E-state index in [1.165, 1.54) is 0 Å². The zero-order valence-corrected chi connectivity index (χ0v) is 12.7. The zero-order valence-electron chi connectivity index (χ0n) is 12.7. The molecule has 0 aliphatic carbocycles. The highest BCUT2D eigenvalue weighted by atomic mass is 16.5. The normalized spacial score (nSPS) is 21.7. The van der Waals surface area contributed by atoms with Gasteiger partial charge in [-0.25, -0.2) is 0 Å². The van der Waals surface area contributed by atoms with E-state index >= 15 is 0 Å². The van der Waals surface area contributed by atoms with Gasteiger partial charge >= 0.3 is 0 Å². The molecule has 2 heterocycles. The molecule has 21 heavy (non-hydrogen) atoms. The highest BCUT2D eigenvalue weighted by molar-refractivity contribution is 5.97. The summed E-state index contributed by atoms with van der Waals surface area (Å²) in [4.78, 5) is 17.1. The van der Waals surface area contributed by atoms with Crippen molar-refractivity contribution >= 4 is 5.91 Å². The van der Waals surface area contributed by atoms with Crippen LogP contribution in [-0.2, 0) is 4.74 Å². The number of carbonyl (C=O) groups is 1. The molecule has 3 rings (SSSR count). The monoisotopic (exact) mass is 290 g/mol. The molecule has 1 spiro atoms. The Kier molecular flexibility index (Phi) is 3.87. The number of benzene rings is 1. The Bertz CT molecular complexity index is 524. The van der Waals surface area contributed by atoms with Crippen LogP contribution in [0.2, 0.25) is 0 Å². The molecule has 114 valence electrons. The second kappa shape index (κ2) is 5.66. The molecule has 0 N–H and O–H groups in total. The molecule has 5 heteroatoms. The first-order valence-electron chi connectivity index (χ1n) is 7.44. The molecule has 0 aromatic heterocycles. The first kappa shape index (κ1) is 14.4. The van der Waals surface area contributed by atoms with Crippen LogP contribution in [0.1, 0.15) is 23.2 Å². The van der Waals surface area contributed by atoms with Crippen molar-refractivity contribution in [1.29, 1.82) is 0 Å². The smallest absolute Gasteiger partial charge is 0.259 e. The molecule has 0 radical (unpaired) electrons. The van der Waals surface area contributed by atoms with Gasteiger partial charge in [-0.3, -0.25) is 4.79 Å². The fourth-order valence-electron chi connectivity index (χ4n) is 3.24. The number of hydrogen-bond acceptors (Lipinski definition) is 4. The predicted octanol–water partition coefficient (Wildman–Crippen LogP) is 1.59. The van der Waals surface area contributed by atoms with Crippen LogP contribution in [0.4, 0.5) is 0 Å². The second-order valence-corrected chi connectivity index (χ2v) is 5.76. The third-order valence-corrected chi connectivity index (χ3v) is 4.53. The van der Waals surface area contributed by atoms with Gasteiger partial charge < -0.3 is 19.3 Å². The fraction of sp³-hybridized carbons (Fsp3) is 0.562. The number of hydrogen-bond donors (Lipinski definition) is 0. The van der Waals surface area contributed by atoms with Gasteiger partial charge in [0, 0.05) is 32.5 Å². The molecular weight excluding hydrogens is 268 g/mol. The number of amides is 1. The van der Waals surface area contributed by atoms with Crippen LogP contribution >= 0.6 is 0 Å². The summed E-state index contributed by atoms with van der Waals surface area (Å²) in [7, 11) is 3.70. The molecule has 2 saturated heterocycles. The summed E-state index contributed by atoms with van der Waals surface area (Å²) in [5, 5.41) is 0. The molecule has 2 aliphatic rings. The molecule has 5 nitrogen and oxygen atoms in total. The van der Waals surface area contributed by atoms with Crippen molar-refractivity contribution in [3.05, 3.63) is 29.8 Å². The van der Waals surface area contributed by atoms with Crippen molar-refractivity contribution in [3.63, 3.8) is 0 Å². The summed E-state index contributed by atoms with van der Waals surface area (Å²) in [6.07, 6.45) is 1.73. The third kappa shape index (κ3) is 2.51. The first-order valence-corrected chi connectivity index (χ1v) is 7.44. The van der Waals surface area contributed by atoms with E-state index in [2.05, 4.69) is 11.9 Å². The van der Waals surface area contributed by atoms with Crippen LogP contribution in [0, 0.1) is 0 Å². The maximum absolute atomic E-state index is 12.9. The maximum atomic E-state index is 12.9. The van der Waals surface area contributed by atoms with E-state index in [0.717, 1.165) is 25.9 Å². The lowest BCUT2D eigenvalue weighted by atomic mass is 9.98. The summed E-state index contributed by atoms with van der Waals surface area (Å²) in [6, 6.07) is 7.39. The Morgan fingerprint density at radius 2 is 1.95 bits per heavy atom. The van der Waals surface area contributed by atoms with E-state index < -0.39 is 5.72 Å². The van der Waals surface area contributed by atoms with Crippen molar-refractivity contribution in [1.82, 2.24) is 9.80 Å². The average molecular weight is 290 g/mol. The van der Waals surface area contributed by atoms with Gasteiger partial charge in [-0.15, -0.1) is 0 Å². The molecule has 1 aromatic carbocycles. The quantitative estimate of drug-likeness (QED) is 0.829. The van der Waals surface area contributed by atoms with E-state index in [4.69, 9.17) is 9.47 Å². The number of nitrogens with zero attached hydrogens (tertiary/aromatic N) is 2. The molecule has 1 aromatic rings. The molecule has 0 unspecified atom stereocenters. The zero-order chi connectivity index (χ0) is 14.9. The number of piperidine rings is 1. The van der Waals surface area contributed by atoms with E-state index in [1.54, 1.807) is 7.11 Å². The van der Waals surface area contributed by atoms with Gasteiger partial charge in [-0.2, -0.15) is 0 Å². The number of methoxy groups -OCH3 is 1. The molecule has 0 saturated carbocycles. The van der Waals surface area contributed by atoms with E-state index in [0.29, 0.717) is 24.5 Å². The van der Waals surface area contributed by atoms with Gasteiger partial charge in [0.25, 0.3) is 5.91 Å². The Morgan fingerprint density at radius 3 is 2.67 bits per heavy atom. The Morgan fingerprint density at radius 1 is 1.24 bits per heavy atom. The number of carbonyl (C=O) groups excluding carboxylic acids is 1. The second-order valence-electron chi connectivity index (χ2n) is 5.76. The number of para-hydroxylation sites is 1. The lowest BCUT2D eigenvalue weighted by Gasteiger charge is -2.42. The van der Waals surface area contributed by atoms with Gasteiger partial charge in [-0.05, 0) is 19.2 Å². The van der Waals surface area contributed by atoms with E-state index in [9.17, 15) is 4.79 Å². The summed E-state index contributed by atoms with van der Waals surface area (Å²) in [6.45, 7) is 3.18. The summed E-state index contributed by atoms with van der Waals surface area (Å²) >= 11 is 0. The molecule has 0 atom stereocenters. The Labute approximate surface area is 125 Å². The molecular formula is C16H22N2O3. The highest BCUT2D eigenvalue weighted by Crippen LogP contribution is 2.36. The van der Waals surface area contributed by atoms with E-state index in [1.807, 2.05) is 29.2 Å². The van der Waals surface area contributed by atoms with Gasteiger partial charge in [0.2, 0.25) is 0 Å². The van der Waals surface area contributed by atoms with Crippen molar-refractivity contribution in [2.75, 3.05) is 40.4 Å². The van der Waals surface area contributed by atoms with Crippen molar-refractivity contribution in [3.8, 4) is 5.75 Å². The minimum absolute atomic E-state index is 0.00880. The summed E-state index contributed by atoms with van der Waals surface area (Å²) < 4.78 is 11.3. The SMILES string of the molecule is COc1ccccc1C(=O)N1CCOC12CCN(C)CC2. The van der Waals surface area contributed by atoms with Gasteiger partial charge in [0.05, 0.1) is 19.3 Å². The topological polar surface area (TPSA) is 42.0 Å². The molecule has 0 bridgehead atoms. The Balaban J connectivity index is 1.86. The van der Waals surface area contributed by atoms with Crippen LogP contribution in [0.25, 0.3) is 0 Å². The first-order chi connectivity index (χ1) is 10.2. The van der Waals surface area contributed by atoms with Gasteiger partial charge in [-0.1, -0.05) is 12.1 Å². The lowest BCUT2D eigenvalue weighted by molar-refractivity contribution is -0.102. The number of ether oxygens (including phenoxy) is 2. The van der Waals surface area contributed by atoms with Crippen LogP contribution in [0.5, 0.6) is 5.75 Å². The average Bonchev–Trinajstić information content (AvgIpc) is 2.93. The number of likely N-dealkylation sites (tertiary alicyclic amines) is 1. The minimum atomic E-state index is -0.426. The largest absolute Gasteiger partial charge is 0.496 e. The molecule has 2 aliphatic heterocycles. The predicted molar refractivity (Wildman–Crippen MR) is 79.4 cm³/mol. The maximum Gasteiger partial charge on any atom is 0.259 e.